The van der Waals surface area contributed by atoms with Crippen LogP contribution in [0.3, 0.4) is 0 Å². The summed E-state index contributed by atoms with van der Waals surface area (Å²) in [5.41, 5.74) is 5.46. The molecule has 130 valence electrons. The summed E-state index contributed by atoms with van der Waals surface area (Å²) in [6, 6.07) is 1.86. The zero-order valence-corrected chi connectivity index (χ0v) is 12.9. The number of fused-ring (bicyclic) bond motifs is 1. The van der Waals surface area contributed by atoms with E-state index in [1.807, 2.05) is 13.8 Å². The molecule has 1 heterocycles. The second-order valence-electron chi connectivity index (χ2n) is 5.93. The van der Waals surface area contributed by atoms with Crippen molar-refractivity contribution in [1.82, 2.24) is 4.90 Å². The van der Waals surface area contributed by atoms with Crippen LogP contribution in [0.5, 0.6) is 0 Å². The Hall–Kier alpha value is -1.82. The van der Waals surface area contributed by atoms with Gasteiger partial charge in [0.05, 0.1) is 12.1 Å². The molecule has 6 nitrogen and oxygen atoms in total. The zero-order valence-electron chi connectivity index (χ0n) is 12.9. The molecule has 1 amide bonds. The molecule has 0 spiro atoms. The van der Waals surface area contributed by atoms with Crippen molar-refractivity contribution < 1.29 is 27.9 Å². The summed E-state index contributed by atoms with van der Waals surface area (Å²) in [5.74, 6) is -2.20. The van der Waals surface area contributed by atoms with Crippen molar-refractivity contribution >= 4 is 11.9 Å². The number of carbonyl (C=O) groups excluding carboxylic acids is 1. The molecule has 1 aliphatic heterocycles. The number of piperidine rings is 1. The molecule has 2 rings (SSSR count). The van der Waals surface area contributed by atoms with Gasteiger partial charge in [0, 0.05) is 12.5 Å². The van der Waals surface area contributed by atoms with Crippen molar-refractivity contribution in [3.8, 4) is 6.07 Å². The van der Waals surface area contributed by atoms with Crippen molar-refractivity contribution in [2.45, 2.75) is 50.9 Å². The summed E-state index contributed by atoms with van der Waals surface area (Å²) >= 11 is 0. The Morgan fingerprint density at radius 1 is 1.52 bits per heavy atom. The third-order valence-electron chi connectivity index (χ3n) is 4.50. The van der Waals surface area contributed by atoms with Gasteiger partial charge in [-0.3, -0.25) is 4.79 Å². The number of hydrogen-bond acceptors (Lipinski definition) is 4. The van der Waals surface area contributed by atoms with Crippen LogP contribution in [0.4, 0.5) is 13.2 Å². The van der Waals surface area contributed by atoms with E-state index in [-0.39, 0.29) is 11.8 Å². The van der Waals surface area contributed by atoms with Gasteiger partial charge in [0.15, 0.2) is 0 Å². The predicted molar refractivity (Wildman–Crippen MR) is 73.9 cm³/mol. The summed E-state index contributed by atoms with van der Waals surface area (Å²) in [6.45, 7) is 4.73. The lowest BCUT2D eigenvalue weighted by molar-refractivity contribution is -0.192. The van der Waals surface area contributed by atoms with Gasteiger partial charge in [0.2, 0.25) is 5.91 Å². The van der Waals surface area contributed by atoms with Crippen LogP contribution in [0.15, 0.2) is 0 Å². The summed E-state index contributed by atoms with van der Waals surface area (Å²) in [6.07, 6.45) is -2.38. The molecule has 0 bridgehead atoms. The smallest absolute Gasteiger partial charge is 0.475 e. The van der Waals surface area contributed by atoms with Gasteiger partial charge >= 0.3 is 12.1 Å². The van der Waals surface area contributed by atoms with Gasteiger partial charge < -0.3 is 15.7 Å². The standard InChI is InChI=1S/C12H19N3O.C2HF3O2/c1-3-8(2)10(14)11(16)15-5-4-9-6-12(9,15)7-13;3-2(4,5)1(6)7/h8-10H,3-6,14H2,1-2H3;(H,6,7)/t8?,9-,10+,12-;/m1./s1. The Labute approximate surface area is 132 Å². The average molecular weight is 335 g/mol. The molecular formula is C14H20F3N3O3. The maximum Gasteiger partial charge on any atom is 0.490 e. The van der Waals surface area contributed by atoms with E-state index >= 15 is 0 Å². The lowest BCUT2D eigenvalue weighted by atomic mass is 9.98. The number of alkyl halides is 3. The highest BCUT2D eigenvalue weighted by atomic mass is 19.4. The SMILES string of the molecule is CCC(C)[C@H](N)C(=O)N1CC[C@@H]2C[C@@]21C#N.O=C(O)C(F)(F)F. The maximum atomic E-state index is 12.2. The summed E-state index contributed by atoms with van der Waals surface area (Å²) in [4.78, 5) is 22.8. The number of likely N-dealkylation sites (tertiary alicyclic amines) is 1. The van der Waals surface area contributed by atoms with Crippen LogP contribution in [0, 0.1) is 23.2 Å². The number of halogens is 3. The highest BCUT2D eigenvalue weighted by Crippen LogP contribution is 2.55. The minimum Gasteiger partial charge on any atom is -0.475 e. The number of nitrogens with two attached hydrogens (primary N) is 1. The molecule has 0 aromatic carbocycles. The van der Waals surface area contributed by atoms with Gasteiger partial charge in [-0.25, -0.2) is 4.79 Å². The van der Waals surface area contributed by atoms with Crippen molar-refractivity contribution in [3.05, 3.63) is 0 Å². The fraction of sp³-hybridized carbons (Fsp3) is 0.786. The number of carbonyl (C=O) groups is 2. The Morgan fingerprint density at radius 3 is 2.39 bits per heavy atom. The summed E-state index contributed by atoms with van der Waals surface area (Å²) in [5, 5.41) is 16.3. The molecule has 1 saturated heterocycles. The van der Waals surface area contributed by atoms with Gasteiger partial charge in [-0.15, -0.1) is 0 Å². The molecule has 23 heavy (non-hydrogen) atoms. The number of nitrogens with zero attached hydrogens (tertiary/aromatic N) is 2. The average Bonchev–Trinajstić information content (AvgIpc) is 3.10. The number of hydrogen-bond donors (Lipinski definition) is 2. The molecular weight excluding hydrogens is 315 g/mol. The highest BCUT2D eigenvalue weighted by molar-refractivity contribution is 5.84. The minimum atomic E-state index is -5.08. The second kappa shape index (κ2) is 6.74. The first-order chi connectivity index (χ1) is 10.5. The van der Waals surface area contributed by atoms with Gasteiger partial charge in [-0.2, -0.15) is 18.4 Å². The number of amides is 1. The van der Waals surface area contributed by atoms with Crippen molar-refractivity contribution in [2.24, 2.45) is 17.6 Å². The van der Waals surface area contributed by atoms with Crippen molar-refractivity contribution in [2.75, 3.05) is 6.54 Å². The van der Waals surface area contributed by atoms with Crippen LogP contribution in [0.25, 0.3) is 0 Å². The molecule has 3 N–H and O–H groups in total. The van der Waals surface area contributed by atoms with Crippen LogP contribution in [-0.2, 0) is 9.59 Å². The molecule has 0 radical (unpaired) electrons. The first-order valence-electron chi connectivity index (χ1n) is 7.29. The van der Waals surface area contributed by atoms with E-state index in [0.717, 1.165) is 19.3 Å². The van der Waals surface area contributed by atoms with E-state index in [1.54, 1.807) is 4.90 Å². The second-order valence-corrected chi connectivity index (χ2v) is 5.93. The number of rotatable bonds is 3. The van der Waals surface area contributed by atoms with E-state index < -0.39 is 23.7 Å². The number of aliphatic carboxylic acids is 1. The third-order valence-corrected chi connectivity index (χ3v) is 4.50. The van der Waals surface area contributed by atoms with Crippen molar-refractivity contribution in [1.29, 1.82) is 5.26 Å². The molecule has 1 saturated carbocycles. The number of carboxylic acid groups (broad SMARTS) is 1. The lowest BCUT2D eigenvalue weighted by Gasteiger charge is -2.28. The van der Waals surface area contributed by atoms with Crippen LogP contribution in [-0.4, -0.2) is 46.2 Å². The van der Waals surface area contributed by atoms with Gasteiger partial charge in [0.1, 0.15) is 5.54 Å². The Balaban J connectivity index is 0.000000322. The zero-order chi connectivity index (χ0) is 18.0. The first kappa shape index (κ1) is 19.2. The van der Waals surface area contributed by atoms with Crippen LogP contribution in [0.1, 0.15) is 33.1 Å². The monoisotopic (exact) mass is 335 g/mol. The molecule has 1 aliphatic carbocycles. The maximum absolute atomic E-state index is 12.2. The van der Waals surface area contributed by atoms with Crippen molar-refractivity contribution in [3.63, 3.8) is 0 Å². The van der Waals surface area contributed by atoms with Crippen LogP contribution < -0.4 is 5.73 Å². The normalized spacial score (nSPS) is 27.9. The molecule has 2 fully saturated rings. The van der Waals surface area contributed by atoms with E-state index in [9.17, 15) is 23.2 Å². The molecule has 2 aliphatic rings. The van der Waals surface area contributed by atoms with E-state index in [0.29, 0.717) is 12.5 Å². The predicted octanol–water partition coefficient (Wildman–Crippen LogP) is 1.51. The fourth-order valence-electron chi connectivity index (χ4n) is 2.65. The van der Waals surface area contributed by atoms with E-state index in [2.05, 4.69) is 6.07 Å². The van der Waals surface area contributed by atoms with Crippen LogP contribution in [0.2, 0.25) is 0 Å². The fourth-order valence-corrected chi connectivity index (χ4v) is 2.65. The number of carboxylic acids is 1. The minimum absolute atomic E-state index is 0.0316. The van der Waals surface area contributed by atoms with E-state index in [1.165, 1.54) is 0 Å². The van der Waals surface area contributed by atoms with Crippen LogP contribution >= 0.6 is 0 Å². The topological polar surface area (TPSA) is 107 Å². The van der Waals surface area contributed by atoms with E-state index in [4.69, 9.17) is 15.6 Å². The lowest BCUT2D eigenvalue weighted by Crippen LogP contribution is -2.50. The molecule has 4 atom stereocenters. The quantitative estimate of drug-likeness (QED) is 0.813. The summed E-state index contributed by atoms with van der Waals surface area (Å²) in [7, 11) is 0. The van der Waals surface area contributed by atoms with Gasteiger partial charge in [-0.05, 0) is 18.8 Å². The molecule has 0 aromatic heterocycles. The summed E-state index contributed by atoms with van der Waals surface area (Å²) < 4.78 is 31.7. The third kappa shape index (κ3) is 3.93. The first-order valence-corrected chi connectivity index (χ1v) is 7.29. The number of nitriles is 1. The Morgan fingerprint density at radius 2 is 2.04 bits per heavy atom. The Kier molecular flexibility index (Phi) is 5.64. The van der Waals surface area contributed by atoms with Gasteiger partial charge in [0.25, 0.3) is 0 Å². The molecule has 0 aromatic rings. The largest absolute Gasteiger partial charge is 0.490 e. The molecule has 9 heteroatoms. The Bertz CT molecular complexity index is 518. The molecule has 1 unspecified atom stereocenters. The van der Waals surface area contributed by atoms with Gasteiger partial charge in [-0.1, -0.05) is 20.3 Å². The highest BCUT2D eigenvalue weighted by Gasteiger charge is 2.64.